The van der Waals surface area contributed by atoms with E-state index in [1.807, 2.05) is 6.07 Å². The summed E-state index contributed by atoms with van der Waals surface area (Å²) >= 11 is 0. The van der Waals surface area contributed by atoms with Gasteiger partial charge in [-0.05, 0) is 24.1 Å². The van der Waals surface area contributed by atoms with Crippen molar-refractivity contribution in [3.63, 3.8) is 0 Å². The van der Waals surface area contributed by atoms with E-state index < -0.39 is 0 Å². The Balaban J connectivity index is 1.78. The number of guanidine groups is 1. The zero-order valence-corrected chi connectivity index (χ0v) is 15.1. The minimum Gasteiger partial charge on any atom is -0.493 e. The minimum absolute atomic E-state index is 0.218. The minimum atomic E-state index is 0.218. The van der Waals surface area contributed by atoms with Crippen molar-refractivity contribution in [2.45, 2.75) is 12.5 Å². The predicted octanol–water partition coefficient (Wildman–Crippen LogP) is 1.02. The smallest absolute Gasteiger partial charge is 0.191 e. The average Bonchev–Trinajstić information content (AvgIpc) is 2.69. The fraction of sp³-hybridized carbons (Fsp3) is 0.611. The van der Waals surface area contributed by atoms with Crippen molar-refractivity contribution in [3.05, 3.63) is 23.8 Å². The molecule has 7 nitrogen and oxygen atoms in total. The fourth-order valence-electron chi connectivity index (χ4n) is 3.25. The quantitative estimate of drug-likeness (QED) is 0.800. The van der Waals surface area contributed by atoms with Crippen LogP contribution in [-0.4, -0.2) is 71.0 Å². The van der Waals surface area contributed by atoms with Crippen molar-refractivity contribution in [1.82, 2.24) is 15.5 Å². The standard InChI is InChI=1S/C18H28N4O3/c1-23-16-5-4-14(12-17(16)24-2)15(22-8-10-25-11-9-22)13-21-18-19-6-3-7-20-18/h4-5,12,15H,3,6-11,13H2,1-2H3,(H2,19,20,21). The molecule has 1 saturated heterocycles. The van der Waals surface area contributed by atoms with E-state index in [1.165, 1.54) is 5.56 Å². The van der Waals surface area contributed by atoms with Gasteiger partial charge in [-0.3, -0.25) is 9.89 Å². The van der Waals surface area contributed by atoms with Gasteiger partial charge in [-0.15, -0.1) is 0 Å². The zero-order chi connectivity index (χ0) is 17.5. The topological polar surface area (TPSA) is 67.4 Å². The van der Waals surface area contributed by atoms with E-state index in [0.717, 1.165) is 69.8 Å². The third-order valence-corrected chi connectivity index (χ3v) is 4.64. The van der Waals surface area contributed by atoms with Gasteiger partial charge in [-0.2, -0.15) is 0 Å². The van der Waals surface area contributed by atoms with Crippen LogP contribution in [0.5, 0.6) is 11.5 Å². The van der Waals surface area contributed by atoms with E-state index in [9.17, 15) is 0 Å². The second-order valence-corrected chi connectivity index (χ2v) is 6.17. The van der Waals surface area contributed by atoms with Gasteiger partial charge in [0.1, 0.15) is 0 Å². The van der Waals surface area contributed by atoms with Crippen molar-refractivity contribution in [1.29, 1.82) is 0 Å². The SMILES string of the molecule is COc1ccc(C(CNC2=NCCCN2)N2CCOCC2)cc1OC. The molecule has 138 valence electrons. The Morgan fingerprint density at radius 3 is 2.72 bits per heavy atom. The van der Waals surface area contributed by atoms with Crippen LogP contribution < -0.4 is 20.1 Å². The molecule has 2 aliphatic heterocycles. The molecule has 2 heterocycles. The molecule has 0 aliphatic carbocycles. The highest BCUT2D eigenvalue weighted by molar-refractivity contribution is 5.80. The van der Waals surface area contributed by atoms with Gasteiger partial charge in [-0.1, -0.05) is 6.07 Å². The summed E-state index contributed by atoms with van der Waals surface area (Å²) in [5.74, 6) is 2.40. The molecule has 2 aliphatic rings. The maximum absolute atomic E-state index is 5.52. The van der Waals surface area contributed by atoms with Crippen molar-refractivity contribution < 1.29 is 14.2 Å². The molecule has 0 aromatic heterocycles. The molecule has 1 fully saturated rings. The molecule has 1 atom stereocenters. The molecule has 0 radical (unpaired) electrons. The summed E-state index contributed by atoms with van der Waals surface area (Å²) in [6, 6.07) is 6.36. The molecular weight excluding hydrogens is 320 g/mol. The maximum Gasteiger partial charge on any atom is 0.191 e. The number of nitrogens with zero attached hydrogens (tertiary/aromatic N) is 2. The van der Waals surface area contributed by atoms with E-state index in [-0.39, 0.29) is 6.04 Å². The maximum atomic E-state index is 5.52. The highest BCUT2D eigenvalue weighted by atomic mass is 16.5. The molecule has 0 bridgehead atoms. The van der Waals surface area contributed by atoms with Crippen LogP contribution in [-0.2, 0) is 4.74 Å². The zero-order valence-electron chi connectivity index (χ0n) is 15.1. The Bertz CT molecular complexity index is 588. The van der Waals surface area contributed by atoms with Crippen molar-refractivity contribution >= 4 is 5.96 Å². The first kappa shape index (κ1) is 17.8. The lowest BCUT2D eigenvalue weighted by Crippen LogP contribution is -2.47. The van der Waals surface area contributed by atoms with E-state index >= 15 is 0 Å². The predicted molar refractivity (Wildman–Crippen MR) is 97.6 cm³/mol. The lowest BCUT2D eigenvalue weighted by molar-refractivity contribution is 0.0169. The summed E-state index contributed by atoms with van der Waals surface area (Å²) in [6.45, 7) is 6.01. The van der Waals surface area contributed by atoms with E-state index in [4.69, 9.17) is 14.2 Å². The number of methoxy groups -OCH3 is 2. The van der Waals surface area contributed by atoms with Crippen LogP contribution in [0, 0.1) is 0 Å². The van der Waals surface area contributed by atoms with Gasteiger partial charge in [0.25, 0.3) is 0 Å². The van der Waals surface area contributed by atoms with Crippen LogP contribution in [0.2, 0.25) is 0 Å². The summed E-state index contributed by atoms with van der Waals surface area (Å²) in [6.07, 6.45) is 1.09. The number of nitrogens with one attached hydrogen (secondary N) is 2. The van der Waals surface area contributed by atoms with Crippen molar-refractivity contribution in [2.24, 2.45) is 4.99 Å². The van der Waals surface area contributed by atoms with Gasteiger partial charge in [0.05, 0.1) is 33.5 Å². The first-order valence-corrected chi connectivity index (χ1v) is 8.87. The summed E-state index contributed by atoms with van der Waals surface area (Å²) < 4.78 is 16.4. The van der Waals surface area contributed by atoms with E-state index in [2.05, 4.69) is 32.7 Å². The van der Waals surface area contributed by atoms with Crippen LogP contribution in [0.3, 0.4) is 0 Å². The number of ether oxygens (including phenoxy) is 3. The number of hydrogen-bond acceptors (Lipinski definition) is 7. The Morgan fingerprint density at radius 1 is 1.24 bits per heavy atom. The first-order valence-electron chi connectivity index (χ1n) is 8.87. The Kier molecular flexibility index (Phi) is 6.36. The van der Waals surface area contributed by atoms with E-state index in [1.54, 1.807) is 14.2 Å². The summed E-state index contributed by atoms with van der Waals surface area (Å²) in [7, 11) is 3.33. The Hall–Kier alpha value is -1.99. The second kappa shape index (κ2) is 8.92. The summed E-state index contributed by atoms with van der Waals surface area (Å²) in [5.41, 5.74) is 1.20. The van der Waals surface area contributed by atoms with Gasteiger partial charge in [0, 0.05) is 32.7 Å². The van der Waals surface area contributed by atoms with Gasteiger partial charge < -0.3 is 24.8 Å². The number of benzene rings is 1. The number of aliphatic imine (C=N–C) groups is 1. The van der Waals surface area contributed by atoms with Gasteiger partial charge >= 0.3 is 0 Å². The molecule has 7 heteroatoms. The molecule has 1 aromatic rings. The monoisotopic (exact) mass is 348 g/mol. The number of rotatable bonds is 6. The molecule has 3 rings (SSSR count). The van der Waals surface area contributed by atoms with Gasteiger partial charge in [0.2, 0.25) is 0 Å². The van der Waals surface area contributed by atoms with Gasteiger partial charge in [0.15, 0.2) is 17.5 Å². The van der Waals surface area contributed by atoms with Crippen LogP contribution in [0.1, 0.15) is 18.0 Å². The lowest BCUT2D eigenvalue weighted by Gasteiger charge is -2.35. The molecule has 0 spiro atoms. The lowest BCUT2D eigenvalue weighted by atomic mass is 10.0. The fourth-order valence-corrected chi connectivity index (χ4v) is 3.25. The molecule has 2 N–H and O–H groups in total. The average molecular weight is 348 g/mol. The molecule has 25 heavy (non-hydrogen) atoms. The molecule has 1 aromatic carbocycles. The van der Waals surface area contributed by atoms with E-state index in [0.29, 0.717) is 0 Å². The Morgan fingerprint density at radius 2 is 2.04 bits per heavy atom. The van der Waals surface area contributed by atoms with Crippen LogP contribution >= 0.6 is 0 Å². The van der Waals surface area contributed by atoms with Gasteiger partial charge in [-0.25, -0.2) is 0 Å². The third-order valence-electron chi connectivity index (χ3n) is 4.64. The normalized spacial score (nSPS) is 19.5. The second-order valence-electron chi connectivity index (χ2n) is 6.17. The highest BCUT2D eigenvalue weighted by Crippen LogP contribution is 2.32. The molecular formula is C18H28N4O3. The first-order chi connectivity index (χ1) is 12.3. The third kappa shape index (κ3) is 4.55. The van der Waals surface area contributed by atoms with Crippen molar-refractivity contribution in [3.8, 4) is 11.5 Å². The highest BCUT2D eigenvalue weighted by Gasteiger charge is 2.24. The van der Waals surface area contributed by atoms with Crippen LogP contribution in [0.4, 0.5) is 0 Å². The van der Waals surface area contributed by atoms with Crippen LogP contribution in [0.25, 0.3) is 0 Å². The summed E-state index contributed by atoms with van der Waals surface area (Å²) in [4.78, 5) is 6.95. The largest absolute Gasteiger partial charge is 0.493 e. The molecule has 0 amide bonds. The number of morpholine rings is 1. The van der Waals surface area contributed by atoms with Crippen LogP contribution in [0.15, 0.2) is 23.2 Å². The summed E-state index contributed by atoms with van der Waals surface area (Å²) in [5, 5.41) is 6.79. The van der Waals surface area contributed by atoms with Crippen molar-refractivity contribution in [2.75, 3.05) is 60.2 Å². The molecule has 1 unspecified atom stereocenters. The molecule has 0 saturated carbocycles. The Labute approximate surface area is 149 Å². The number of hydrogen-bond donors (Lipinski definition) is 2.